The lowest BCUT2D eigenvalue weighted by molar-refractivity contribution is -0.0166. The topological polar surface area (TPSA) is 30.9 Å². The van der Waals surface area contributed by atoms with Gasteiger partial charge in [-0.25, -0.2) is 0 Å². The van der Waals surface area contributed by atoms with Crippen LogP contribution < -0.4 is 0 Å². The maximum Gasteiger partial charge on any atom is 0.0609 e. The third-order valence-corrected chi connectivity index (χ3v) is 10.1. The van der Waals surface area contributed by atoms with Crippen molar-refractivity contribution in [3.63, 3.8) is 0 Å². The molecular weight excluding hydrogens is 482 g/mol. The Bertz CT molecular complexity index is 654. The van der Waals surface area contributed by atoms with E-state index in [-0.39, 0.29) is 0 Å². The van der Waals surface area contributed by atoms with Crippen LogP contribution in [0.3, 0.4) is 0 Å². The number of hydrogen-bond donors (Lipinski definition) is 0. The number of unbranched alkanes of at least 4 members (excludes halogenated alkanes) is 7. The van der Waals surface area contributed by atoms with Crippen molar-refractivity contribution in [2.75, 3.05) is 39.6 Å². The third-order valence-electron chi connectivity index (χ3n) is 10.1. The molecular formula is C35H65NO3. The molecule has 3 aliphatic rings. The van der Waals surface area contributed by atoms with Gasteiger partial charge in [-0.1, -0.05) is 84.8 Å². The van der Waals surface area contributed by atoms with Gasteiger partial charge in [0.15, 0.2) is 0 Å². The van der Waals surface area contributed by atoms with Crippen molar-refractivity contribution in [1.29, 1.82) is 0 Å². The Morgan fingerprint density at radius 3 is 2.26 bits per heavy atom. The maximum absolute atomic E-state index is 6.42. The average molecular weight is 548 g/mol. The predicted octanol–water partition coefficient (Wildman–Crippen LogP) is 8.97. The molecule has 39 heavy (non-hydrogen) atoms. The van der Waals surface area contributed by atoms with E-state index < -0.39 is 0 Å². The lowest BCUT2D eigenvalue weighted by Crippen LogP contribution is -2.55. The van der Waals surface area contributed by atoms with E-state index in [2.05, 4.69) is 44.7 Å². The third kappa shape index (κ3) is 11.8. The van der Waals surface area contributed by atoms with Gasteiger partial charge < -0.3 is 14.2 Å². The van der Waals surface area contributed by atoms with Crippen LogP contribution in [0.1, 0.15) is 137 Å². The Morgan fingerprint density at radius 2 is 1.51 bits per heavy atom. The molecule has 0 aromatic heterocycles. The lowest BCUT2D eigenvalue weighted by atomic mass is 9.72. The number of hydrogen-bond acceptors (Lipinski definition) is 4. The highest BCUT2D eigenvalue weighted by Crippen LogP contribution is 2.50. The highest BCUT2D eigenvalue weighted by molar-refractivity contribution is 5.04. The summed E-state index contributed by atoms with van der Waals surface area (Å²) in [4.78, 5) is 2.91. The fourth-order valence-corrected chi connectivity index (χ4v) is 7.51. The minimum absolute atomic E-state index is 0.414. The Labute approximate surface area is 243 Å². The molecule has 0 aromatic carbocycles. The molecule has 0 amide bonds. The molecule has 4 heteroatoms. The second-order valence-corrected chi connectivity index (χ2v) is 13.7. The van der Waals surface area contributed by atoms with Crippen LogP contribution in [0.15, 0.2) is 12.2 Å². The number of fused-ring (bicyclic) bond motifs is 3. The van der Waals surface area contributed by atoms with Crippen LogP contribution in [-0.2, 0) is 14.2 Å². The first-order valence-electron chi connectivity index (χ1n) is 17.2. The number of nitrogens with zero attached hydrogens (tertiary/aromatic N) is 1. The molecule has 0 N–H and O–H groups in total. The van der Waals surface area contributed by atoms with Crippen molar-refractivity contribution in [2.45, 2.75) is 155 Å². The van der Waals surface area contributed by atoms with Crippen LogP contribution in [0.5, 0.6) is 0 Å². The first kappa shape index (κ1) is 33.1. The van der Waals surface area contributed by atoms with Crippen LogP contribution in [-0.4, -0.2) is 62.7 Å². The summed E-state index contributed by atoms with van der Waals surface area (Å²) in [6.45, 7) is 15.1. The van der Waals surface area contributed by atoms with Gasteiger partial charge in [-0.05, 0) is 75.5 Å². The molecule has 2 aliphatic heterocycles. The van der Waals surface area contributed by atoms with E-state index in [1.54, 1.807) is 0 Å². The molecule has 0 bridgehead atoms. The zero-order valence-corrected chi connectivity index (χ0v) is 26.5. The van der Waals surface area contributed by atoms with Crippen molar-refractivity contribution >= 4 is 0 Å². The monoisotopic (exact) mass is 547 g/mol. The molecule has 0 aromatic rings. The molecule has 228 valence electrons. The SMILES string of the molecule is CCCCCOCC(C)COCCCCCCCCOC1C/C=C/CN2C(CCC3(C)CCCC23)C(C)CC1. The normalized spacial score (nSPS) is 31.5. The van der Waals surface area contributed by atoms with Crippen molar-refractivity contribution in [2.24, 2.45) is 17.3 Å². The van der Waals surface area contributed by atoms with Crippen LogP contribution in [0, 0.1) is 17.3 Å². The second kappa shape index (κ2) is 18.9. The average Bonchev–Trinajstić information content (AvgIpc) is 3.33. The van der Waals surface area contributed by atoms with Gasteiger partial charge in [0.05, 0.1) is 19.3 Å². The summed E-state index contributed by atoms with van der Waals surface area (Å²) >= 11 is 0. The van der Waals surface area contributed by atoms with Gasteiger partial charge >= 0.3 is 0 Å². The summed E-state index contributed by atoms with van der Waals surface area (Å²) in [5.41, 5.74) is 0.578. The first-order valence-corrected chi connectivity index (χ1v) is 17.2. The molecule has 2 fully saturated rings. The van der Waals surface area contributed by atoms with E-state index in [0.29, 0.717) is 17.4 Å². The second-order valence-electron chi connectivity index (χ2n) is 13.7. The number of ether oxygens (including phenoxy) is 3. The summed E-state index contributed by atoms with van der Waals surface area (Å²) in [5, 5.41) is 0. The van der Waals surface area contributed by atoms with Gasteiger partial charge in [0.2, 0.25) is 0 Å². The van der Waals surface area contributed by atoms with Crippen LogP contribution in [0.25, 0.3) is 0 Å². The Hall–Kier alpha value is -0.420. The smallest absolute Gasteiger partial charge is 0.0609 e. The van der Waals surface area contributed by atoms with Crippen molar-refractivity contribution in [3.8, 4) is 0 Å². The van der Waals surface area contributed by atoms with Crippen LogP contribution >= 0.6 is 0 Å². The zero-order valence-electron chi connectivity index (χ0n) is 26.5. The van der Waals surface area contributed by atoms with E-state index in [1.165, 1.54) is 103 Å². The molecule has 3 rings (SSSR count). The Morgan fingerprint density at radius 1 is 0.821 bits per heavy atom. The van der Waals surface area contributed by atoms with E-state index in [4.69, 9.17) is 14.2 Å². The Kier molecular flexibility index (Phi) is 16.0. The molecule has 4 nitrogen and oxygen atoms in total. The number of rotatable bonds is 18. The minimum atomic E-state index is 0.414. The Balaban J connectivity index is 1.18. The quantitative estimate of drug-likeness (QED) is 0.127. The highest BCUT2D eigenvalue weighted by Gasteiger charge is 2.48. The van der Waals surface area contributed by atoms with E-state index in [0.717, 1.165) is 64.0 Å². The zero-order chi connectivity index (χ0) is 27.8. The summed E-state index contributed by atoms with van der Waals surface area (Å²) in [6, 6.07) is 1.59. The van der Waals surface area contributed by atoms with Crippen molar-refractivity contribution < 1.29 is 14.2 Å². The highest BCUT2D eigenvalue weighted by atomic mass is 16.5. The van der Waals surface area contributed by atoms with Crippen molar-refractivity contribution in [1.82, 2.24) is 4.90 Å². The summed E-state index contributed by atoms with van der Waals surface area (Å²) in [6.07, 6.45) is 27.4. The van der Waals surface area contributed by atoms with Gasteiger partial charge in [0.1, 0.15) is 0 Å². The van der Waals surface area contributed by atoms with E-state index in [1.807, 2.05) is 0 Å². The number of piperidine rings is 1. The standard InChI is InChI=1S/C35H65NO3/c1-5-6-13-25-37-28-30(2)29-38-26-14-9-7-8-10-15-27-39-32-17-11-12-24-36-33(31(3)19-20-32)21-23-35(4)22-16-18-34(35)36/h11-12,30-34H,5-10,13-29H2,1-4H3/b12-11+. The fourth-order valence-electron chi connectivity index (χ4n) is 7.51. The molecule has 0 radical (unpaired) electrons. The summed E-state index contributed by atoms with van der Waals surface area (Å²) in [5.74, 6) is 1.28. The van der Waals surface area contributed by atoms with E-state index >= 15 is 0 Å². The van der Waals surface area contributed by atoms with Crippen LogP contribution in [0.4, 0.5) is 0 Å². The summed E-state index contributed by atoms with van der Waals surface area (Å²) < 4.78 is 18.0. The van der Waals surface area contributed by atoms with Crippen LogP contribution in [0.2, 0.25) is 0 Å². The predicted molar refractivity (Wildman–Crippen MR) is 165 cm³/mol. The van der Waals surface area contributed by atoms with Gasteiger partial charge in [0, 0.05) is 44.4 Å². The fraction of sp³-hybridized carbons (Fsp3) is 0.943. The van der Waals surface area contributed by atoms with Gasteiger partial charge in [-0.15, -0.1) is 0 Å². The van der Waals surface area contributed by atoms with Crippen molar-refractivity contribution in [3.05, 3.63) is 12.2 Å². The lowest BCUT2D eigenvalue weighted by Gasteiger charge is -2.51. The molecule has 1 aliphatic carbocycles. The summed E-state index contributed by atoms with van der Waals surface area (Å²) in [7, 11) is 0. The van der Waals surface area contributed by atoms with Gasteiger partial charge in [-0.2, -0.15) is 0 Å². The minimum Gasteiger partial charge on any atom is -0.381 e. The maximum atomic E-state index is 6.42. The molecule has 1 saturated heterocycles. The van der Waals surface area contributed by atoms with E-state index in [9.17, 15) is 0 Å². The molecule has 0 spiro atoms. The molecule has 6 atom stereocenters. The largest absolute Gasteiger partial charge is 0.381 e. The molecule has 2 heterocycles. The molecule has 1 saturated carbocycles. The van der Waals surface area contributed by atoms with Gasteiger partial charge in [0.25, 0.3) is 0 Å². The molecule has 6 unspecified atom stereocenters. The first-order chi connectivity index (χ1) is 19.0. The van der Waals surface area contributed by atoms with Gasteiger partial charge in [-0.3, -0.25) is 4.90 Å².